The molecule has 2 aliphatic carbocycles. The van der Waals surface area contributed by atoms with Gasteiger partial charge in [-0.25, -0.2) is 0 Å². The molecule has 0 bridgehead atoms. The summed E-state index contributed by atoms with van der Waals surface area (Å²) in [6.07, 6.45) is 24.1. The van der Waals surface area contributed by atoms with Crippen molar-refractivity contribution in [1.82, 2.24) is 0 Å². The Balaban J connectivity index is -0.000000161. The summed E-state index contributed by atoms with van der Waals surface area (Å²) in [5.74, 6) is 0. The molecule has 134 valence electrons. The number of allylic oxidation sites excluding steroid dienone is 8. The van der Waals surface area contributed by atoms with Gasteiger partial charge in [0, 0.05) is 0 Å². The van der Waals surface area contributed by atoms with E-state index in [2.05, 4.69) is 36.5 Å². The van der Waals surface area contributed by atoms with Crippen LogP contribution in [-0.4, -0.2) is 0 Å². The summed E-state index contributed by atoms with van der Waals surface area (Å²) in [5, 5.41) is 0. The summed E-state index contributed by atoms with van der Waals surface area (Å²) in [5.41, 5.74) is 3.25. The fraction of sp³-hybridized carbons (Fsp3) is 0.400. The van der Waals surface area contributed by atoms with Crippen molar-refractivity contribution in [2.45, 2.75) is 51.4 Å². The molecule has 0 saturated carbocycles. The van der Waals surface area contributed by atoms with E-state index in [1.165, 1.54) is 51.4 Å². The molecule has 0 aromatic rings. The van der Waals surface area contributed by atoms with Gasteiger partial charge in [-0.05, 0) is 62.5 Å². The summed E-state index contributed by atoms with van der Waals surface area (Å²) in [4.78, 5) is 0. The maximum Gasteiger partial charge on any atom is 2.00 e. The molecule has 0 radical (unpaired) electrons. The third-order valence-electron chi connectivity index (χ3n) is 3.35. The Bertz CT molecular complexity index is 302. The first-order valence-corrected chi connectivity index (χ1v) is 6.65. The van der Waals surface area contributed by atoms with Crippen LogP contribution in [0.1, 0.15) is 51.4 Å². The zero-order valence-electron chi connectivity index (χ0n) is 14.8. The topological polar surface area (TPSA) is 0 Å². The fourth-order valence-electron chi connectivity index (χ4n) is 2.44. The van der Waals surface area contributed by atoms with E-state index in [1.54, 1.807) is 11.1 Å². The molecule has 0 nitrogen and oxygen atoms in total. The minimum Gasteiger partial charge on any atom is -0.358 e. The molecule has 2 aliphatic rings. The third-order valence-corrected chi connectivity index (χ3v) is 3.35. The second-order valence-electron chi connectivity index (χ2n) is 4.63. The molecule has 0 spiro atoms. The van der Waals surface area contributed by atoms with E-state index in [1.807, 2.05) is 0 Å². The largest absolute Gasteiger partial charge is 2.00 e. The van der Waals surface area contributed by atoms with Crippen molar-refractivity contribution >= 4 is 0 Å². The van der Waals surface area contributed by atoms with Crippen LogP contribution in [0.4, 0.5) is 0 Å². The molecule has 0 amide bonds. The molecule has 0 heterocycles. The predicted octanol–water partition coefficient (Wildman–Crippen LogP) is 6.90. The third kappa shape index (κ3) is 12.8. The molecule has 0 aromatic carbocycles. The Labute approximate surface area is 170 Å². The van der Waals surface area contributed by atoms with Crippen LogP contribution in [0, 0.1) is 29.7 Å². The van der Waals surface area contributed by atoms with Crippen LogP contribution in [-0.2, 0) is 42.1 Å². The van der Waals surface area contributed by atoms with Gasteiger partial charge in [-0.1, -0.05) is 36.5 Å². The molecule has 0 fully saturated rings. The van der Waals surface area contributed by atoms with Crippen LogP contribution in [0.5, 0.6) is 0 Å². The van der Waals surface area contributed by atoms with Gasteiger partial charge in [0.1, 0.15) is 0 Å². The first-order chi connectivity index (χ1) is 7.97. The Morgan fingerprint density at radius 2 is 0.773 bits per heavy atom. The van der Waals surface area contributed by atoms with E-state index in [0.717, 1.165) is 0 Å². The van der Waals surface area contributed by atoms with Gasteiger partial charge in [-0.2, -0.15) is 0 Å². The molecule has 2 heteroatoms. The first kappa shape index (κ1) is 33.8. The van der Waals surface area contributed by atoms with Gasteiger partial charge in [0.2, 0.25) is 0 Å². The van der Waals surface area contributed by atoms with E-state index < -0.39 is 0 Å². The smallest absolute Gasteiger partial charge is 0.358 e. The van der Waals surface area contributed by atoms with Gasteiger partial charge >= 0.3 is 42.1 Å². The number of hydrogen-bond donors (Lipinski definition) is 0. The molecule has 0 unspecified atom stereocenters. The van der Waals surface area contributed by atoms with Crippen LogP contribution in [0.3, 0.4) is 0 Å². The van der Waals surface area contributed by atoms with Crippen LogP contribution >= 0.6 is 0 Å². The van der Waals surface area contributed by atoms with Crippen molar-refractivity contribution < 1.29 is 42.1 Å². The van der Waals surface area contributed by atoms with Crippen LogP contribution in [0.25, 0.3) is 0 Å². The second kappa shape index (κ2) is 21.3. The van der Waals surface area contributed by atoms with Gasteiger partial charge in [0.15, 0.2) is 0 Å². The Morgan fingerprint density at radius 1 is 0.455 bits per heavy atom. The second-order valence-corrected chi connectivity index (χ2v) is 4.63. The summed E-state index contributed by atoms with van der Waals surface area (Å²) < 4.78 is 0. The van der Waals surface area contributed by atoms with Crippen molar-refractivity contribution in [2.24, 2.45) is 0 Å². The van der Waals surface area contributed by atoms with Gasteiger partial charge in [-0.15, -0.1) is 0 Å². The predicted molar refractivity (Wildman–Crippen MR) is 97.0 cm³/mol. The molecule has 0 aromatic heterocycles. The van der Waals surface area contributed by atoms with Gasteiger partial charge in [0.05, 0.1) is 0 Å². The van der Waals surface area contributed by atoms with E-state index >= 15 is 0 Å². The molecule has 0 N–H and O–H groups in total. The summed E-state index contributed by atoms with van der Waals surface area (Å²) >= 11 is 0. The molecular formula is C20H34Pt2. The van der Waals surface area contributed by atoms with E-state index in [9.17, 15) is 0 Å². The zero-order valence-corrected chi connectivity index (χ0v) is 19.3. The monoisotopic (exact) mass is 664 g/mol. The van der Waals surface area contributed by atoms with Gasteiger partial charge in [-0.3, -0.25) is 0 Å². The van der Waals surface area contributed by atoms with Crippen molar-refractivity contribution in [3.05, 3.63) is 77.3 Å². The molecule has 22 heavy (non-hydrogen) atoms. The Morgan fingerprint density at radius 3 is 1.14 bits per heavy atom. The molecule has 0 atom stereocenters. The van der Waals surface area contributed by atoms with Crippen molar-refractivity contribution in [3.8, 4) is 0 Å². The summed E-state index contributed by atoms with van der Waals surface area (Å²) in [6, 6.07) is 0. The quantitative estimate of drug-likeness (QED) is 0.212. The van der Waals surface area contributed by atoms with E-state index in [4.69, 9.17) is 0 Å². The summed E-state index contributed by atoms with van der Waals surface area (Å²) in [6.45, 7) is 0. The number of hydrogen-bond acceptors (Lipinski definition) is 0. The first-order valence-electron chi connectivity index (χ1n) is 6.65. The number of rotatable bonds is 1. The normalized spacial score (nSPS) is 24.0. The Kier molecular flexibility index (Phi) is 32.8. The standard InChI is InChI=1S/C16H22.4CH3.2Pt/c1-3-7-11-15(12-8-4-1)16-13-9-5-2-6-10-14-16;;;;;;/h1-3,5,12,14H,4,6-11,13H2;4*1H3;;/q;4*-1;2*+2/b3-1-,5-2-,15-12+,16-14+;;;;;;. The average molecular weight is 665 g/mol. The van der Waals surface area contributed by atoms with E-state index in [0.29, 0.717) is 0 Å². The molecular weight excluding hydrogens is 630 g/mol. The average Bonchev–Trinajstić information content (AvgIpc) is 2.18. The molecule has 2 rings (SSSR count). The minimum absolute atomic E-state index is 0. The minimum atomic E-state index is 0. The zero-order chi connectivity index (χ0) is 11.1. The summed E-state index contributed by atoms with van der Waals surface area (Å²) in [7, 11) is 0. The van der Waals surface area contributed by atoms with Crippen molar-refractivity contribution in [1.29, 1.82) is 0 Å². The van der Waals surface area contributed by atoms with Crippen LogP contribution in [0.2, 0.25) is 0 Å². The van der Waals surface area contributed by atoms with Crippen LogP contribution in [0.15, 0.2) is 47.6 Å². The fourth-order valence-corrected chi connectivity index (χ4v) is 2.44. The maximum atomic E-state index is 2.47. The molecule has 0 saturated heterocycles. The Hall–Kier alpha value is 0.337. The SMILES string of the molecule is C1=C\CCC(/C2=C/CC/C=C\CC2)=C\CC/1.[CH3-].[CH3-].[CH3-].[CH3-].[Pt+2].[Pt+2]. The molecule has 0 aliphatic heterocycles. The van der Waals surface area contributed by atoms with Crippen molar-refractivity contribution in [3.63, 3.8) is 0 Å². The maximum absolute atomic E-state index is 2.47. The van der Waals surface area contributed by atoms with Gasteiger partial charge in [0.25, 0.3) is 0 Å². The van der Waals surface area contributed by atoms with Crippen LogP contribution < -0.4 is 0 Å². The van der Waals surface area contributed by atoms with E-state index in [-0.39, 0.29) is 71.8 Å². The van der Waals surface area contributed by atoms with Crippen molar-refractivity contribution in [2.75, 3.05) is 0 Å². The van der Waals surface area contributed by atoms with Gasteiger partial charge < -0.3 is 29.7 Å².